The molecule has 0 atom stereocenters. The van der Waals surface area contributed by atoms with Crippen molar-refractivity contribution in [3.8, 4) is 5.75 Å². The maximum atomic E-state index is 13.4. The molecule has 0 spiro atoms. The van der Waals surface area contributed by atoms with Crippen LogP contribution >= 0.6 is 11.6 Å². The SMILES string of the molecule is CCOc1ccc(NC(=O)C2(c3ccc(Cl)cc3)CCOCC2)cc1C(F)(F)F. The zero-order chi connectivity index (χ0) is 21.1. The molecule has 0 radical (unpaired) electrons. The van der Waals surface area contributed by atoms with E-state index in [0.717, 1.165) is 11.6 Å². The van der Waals surface area contributed by atoms with E-state index in [4.69, 9.17) is 21.1 Å². The first-order chi connectivity index (χ1) is 13.8. The third-order valence-corrected chi connectivity index (χ3v) is 5.27. The van der Waals surface area contributed by atoms with Crippen LogP contribution in [0.15, 0.2) is 42.5 Å². The van der Waals surface area contributed by atoms with Crippen LogP contribution in [0.3, 0.4) is 0 Å². The molecule has 2 aromatic rings. The Balaban J connectivity index is 1.93. The average molecular weight is 428 g/mol. The maximum Gasteiger partial charge on any atom is 0.420 e. The van der Waals surface area contributed by atoms with E-state index in [-0.39, 0.29) is 24.0 Å². The number of amides is 1. The molecule has 0 unspecified atom stereocenters. The highest BCUT2D eigenvalue weighted by atomic mass is 35.5. The van der Waals surface area contributed by atoms with Gasteiger partial charge in [-0.25, -0.2) is 0 Å². The van der Waals surface area contributed by atoms with Gasteiger partial charge in [0, 0.05) is 23.9 Å². The molecule has 156 valence electrons. The molecule has 1 amide bonds. The van der Waals surface area contributed by atoms with Gasteiger partial charge in [-0.2, -0.15) is 13.2 Å². The fourth-order valence-corrected chi connectivity index (χ4v) is 3.62. The van der Waals surface area contributed by atoms with Gasteiger partial charge < -0.3 is 14.8 Å². The summed E-state index contributed by atoms with van der Waals surface area (Å²) < 4.78 is 50.7. The summed E-state index contributed by atoms with van der Waals surface area (Å²) in [6.45, 7) is 2.48. The molecule has 0 bridgehead atoms. The fraction of sp³-hybridized carbons (Fsp3) is 0.381. The predicted octanol–water partition coefficient (Wildman–Crippen LogP) is 5.44. The van der Waals surface area contributed by atoms with Crippen molar-refractivity contribution in [2.24, 2.45) is 0 Å². The van der Waals surface area contributed by atoms with Crippen molar-refractivity contribution in [1.82, 2.24) is 0 Å². The number of hydrogen-bond donors (Lipinski definition) is 1. The second-order valence-electron chi connectivity index (χ2n) is 6.80. The Kier molecular flexibility index (Phi) is 6.39. The van der Waals surface area contributed by atoms with Gasteiger partial charge in [0.05, 0.1) is 17.6 Å². The van der Waals surface area contributed by atoms with E-state index < -0.39 is 17.2 Å². The number of carbonyl (C=O) groups is 1. The molecule has 1 aliphatic heterocycles. The third kappa shape index (κ3) is 4.67. The van der Waals surface area contributed by atoms with E-state index in [1.54, 1.807) is 31.2 Å². The predicted molar refractivity (Wildman–Crippen MR) is 104 cm³/mol. The van der Waals surface area contributed by atoms with E-state index in [9.17, 15) is 18.0 Å². The van der Waals surface area contributed by atoms with Crippen LogP contribution in [0.25, 0.3) is 0 Å². The number of nitrogens with one attached hydrogen (secondary N) is 1. The van der Waals surface area contributed by atoms with Crippen LogP contribution in [-0.2, 0) is 21.1 Å². The smallest absolute Gasteiger partial charge is 0.420 e. The van der Waals surface area contributed by atoms with E-state index in [0.29, 0.717) is 31.1 Å². The molecular formula is C21H21ClF3NO3. The number of alkyl halides is 3. The number of halogens is 4. The van der Waals surface area contributed by atoms with Gasteiger partial charge in [-0.15, -0.1) is 0 Å². The number of ether oxygens (including phenoxy) is 2. The summed E-state index contributed by atoms with van der Waals surface area (Å²) in [5.41, 5.74) is -1.01. The number of rotatable bonds is 5. The summed E-state index contributed by atoms with van der Waals surface area (Å²) in [6, 6.07) is 10.5. The Bertz CT molecular complexity index is 862. The molecule has 1 heterocycles. The van der Waals surface area contributed by atoms with Gasteiger partial charge >= 0.3 is 6.18 Å². The van der Waals surface area contributed by atoms with Crippen molar-refractivity contribution in [1.29, 1.82) is 0 Å². The normalized spacial score (nSPS) is 16.3. The summed E-state index contributed by atoms with van der Waals surface area (Å²) in [4.78, 5) is 13.2. The Morgan fingerprint density at radius 2 is 1.83 bits per heavy atom. The van der Waals surface area contributed by atoms with E-state index in [1.807, 2.05) is 0 Å². The average Bonchev–Trinajstić information content (AvgIpc) is 2.69. The summed E-state index contributed by atoms with van der Waals surface area (Å²) in [5.74, 6) is -0.642. The summed E-state index contributed by atoms with van der Waals surface area (Å²) >= 11 is 5.96. The molecule has 4 nitrogen and oxygen atoms in total. The van der Waals surface area contributed by atoms with Crippen molar-refractivity contribution in [2.75, 3.05) is 25.1 Å². The first-order valence-electron chi connectivity index (χ1n) is 9.25. The van der Waals surface area contributed by atoms with Gasteiger partial charge in [0.15, 0.2) is 0 Å². The number of carbonyl (C=O) groups excluding carboxylic acids is 1. The summed E-state index contributed by atoms with van der Waals surface area (Å²) in [6.07, 6.45) is -3.76. The zero-order valence-corrected chi connectivity index (χ0v) is 16.6. The lowest BCUT2D eigenvalue weighted by atomic mass is 9.73. The molecular weight excluding hydrogens is 407 g/mol. The molecule has 1 fully saturated rings. The number of benzene rings is 2. The van der Waals surface area contributed by atoms with Gasteiger partial charge in [0.2, 0.25) is 5.91 Å². The van der Waals surface area contributed by atoms with E-state index in [1.165, 1.54) is 12.1 Å². The standard InChI is InChI=1S/C21H21ClF3NO3/c1-2-29-18-8-7-16(13-17(18)21(23,24)25)26-19(27)20(9-11-28-12-10-20)14-3-5-15(22)6-4-14/h3-8,13H,2,9-12H2,1H3,(H,26,27). The van der Waals surface area contributed by atoms with Gasteiger partial charge in [-0.3, -0.25) is 4.79 Å². The van der Waals surface area contributed by atoms with Crippen molar-refractivity contribution in [2.45, 2.75) is 31.4 Å². The second-order valence-corrected chi connectivity index (χ2v) is 7.23. The second kappa shape index (κ2) is 8.63. The molecule has 0 aliphatic carbocycles. The number of hydrogen-bond acceptors (Lipinski definition) is 3. The Hall–Kier alpha value is -2.25. The van der Waals surface area contributed by atoms with Gasteiger partial charge in [-0.05, 0) is 55.7 Å². The molecule has 29 heavy (non-hydrogen) atoms. The van der Waals surface area contributed by atoms with Crippen molar-refractivity contribution in [3.05, 3.63) is 58.6 Å². The third-order valence-electron chi connectivity index (χ3n) is 5.02. The Labute approximate surface area is 172 Å². The highest BCUT2D eigenvalue weighted by molar-refractivity contribution is 6.30. The van der Waals surface area contributed by atoms with Crippen LogP contribution in [0.2, 0.25) is 5.02 Å². The van der Waals surface area contributed by atoms with Crippen LogP contribution in [0, 0.1) is 0 Å². The minimum Gasteiger partial charge on any atom is -0.493 e. The highest BCUT2D eigenvalue weighted by Gasteiger charge is 2.42. The molecule has 0 saturated carbocycles. The van der Waals surface area contributed by atoms with Crippen molar-refractivity contribution < 1.29 is 27.4 Å². The molecule has 1 aliphatic rings. The summed E-state index contributed by atoms with van der Waals surface area (Å²) in [5, 5.41) is 3.20. The van der Waals surface area contributed by atoms with Crippen LogP contribution in [0.4, 0.5) is 18.9 Å². The molecule has 2 aromatic carbocycles. The van der Waals surface area contributed by atoms with Crippen LogP contribution in [-0.4, -0.2) is 25.7 Å². The Morgan fingerprint density at radius 3 is 2.41 bits per heavy atom. The highest BCUT2D eigenvalue weighted by Crippen LogP contribution is 2.40. The first kappa shape index (κ1) is 21.5. The Morgan fingerprint density at radius 1 is 1.17 bits per heavy atom. The zero-order valence-electron chi connectivity index (χ0n) is 15.8. The largest absolute Gasteiger partial charge is 0.493 e. The van der Waals surface area contributed by atoms with E-state index >= 15 is 0 Å². The van der Waals surface area contributed by atoms with Gasteiger partial charge in [-0.1, -0.05) is 23.7 Å². The summed E-state index contributed by atoms with van der Waals surface area (Å²) in [7, 11) is 0. The van der Waals surface area contributed by atoms with Gasteiger partial charge in [0.25, 0.3) is 0 Å². The van der Waals surface area contributed by atoms with Crippen LogP contribution in [0.5, 0.6) is 5.75 Å². The lowest BCUT2D eigenvalue weighted by molar-refractivity contribution is -0.139. The minimum absolute atomic E-state index is 0.0607. The van der Waals surface area contributed by atoms with Crippen LogP contribution in [0.1, 0.15) is 30.9 Å². The van der Waals surface area contributed by atoms with Gasteiger partial charge in [0.1, 0.15) is 5.75 Å². The topological polar surface area (TPSA) is 47.6 Å². The fourth-order valence-electron chi connectivity index (χ4n) is 3.50. The number of anilines is 1. The molecule has 1 saturated heterocycles. The molecule has 1 N–H and O–H groups in total. The molecule has 3 rings (SSSR count). The van der Waals surface area contributed by atoms with Crippen molar-refractivity contribution in [3.63, 3.8) is 0 Å². The quantitative estimate of drug-likeness (QED) is 0.690. The van der Waals surface area contributed by atoms with Crippen molar-refractivity contribution >= 4 is 23.2 Å². The first-order valence-corrected chi connectivity index (χ1v) is 9.63. The lowest BCUT2D eigenvalue weighted by Crippen LogP contribution is -2.44. The maximum absolute atomic E-state index is 13.4. The van der Waals surface area contributed by atoms with E-state index in [2.05, 4.69) is 5.32 Å². The van der Waals surface area contributed by atoms with Crippen LogP contribution < -0.4 is 10.1 Å². The molecule has 0 aromatic heterocycles. The lowest BCUT2D eigenvalue weighted by Gasteiger charge is -2.36. The molecule has 8 heteroatoms. The monoisotopic (exact) mass is 427 g/mol. The minimum atomic E-state index is -4.60.